The Morgan fingerprint density at radius 3 is 2.42 bits per heavy atom. The lowest BCUT2D eigenvalue weighted by Crippen LogP contribution is -2.23. The fourth-order valence-corrected chi connectivity index (χ4v) is 3.20. The van der Waals surface area contributed by atoms with E-state index in [-0.39, 0.29) is 0 Å². The average molecular weight is 321 g/mol. The van der Waals surface area contributed by atoms with Crippen molar-refractivity contribution < 1.29 is 4.74 Å². The average Bonchev–Trinajstić information content (AvgIpc) is 2.63. The standard InChI is InChI=1S/C22H27NO/c1-17-8-9-20(14-18(17)2)16-24-22-12-10-21(11-13-22)23-15-19-6-4-3-5-7-19/h3-9,14-15,21-22H,10-13,16H2,1-2H3. The third kappa shape index (κ3) is 4.78. The van der Waals surface area contributed by atoms with Crippen LogP contribution in [0.4, 0.5) is 0 Å². The maximum atomic E-state index is 6.12. The van der Waals surface area contributed by atoms with Crippen LogP contribution in [0, 0.1) is 13.8 Å². The molecule has 24 heavy (non-hydrogen) atoms. The van der Waals surface area contributed by atoms with Crippen LogP contribution >= 0.6 is 0 Å². The van der Waals surface area contributed by atoms with Crippen LogP contribution < -0.4 is 0 Å². The number of ether oxygens (including phenoxy) is 1. The molecular weight excluding hydrogens is 294 g/mol. The highest BCUT2D eigenvalue weighted by molar-refractivity contribution is 5.79. The second-order valence-corrected chi connectivity index (χ2v) is 6.85. The predicted octanol–water partition coefficient (Wildman–Crippen LogP) is 5.25. The van der Waals surface area contributed by atoms with Gasteiger partial charge in [0.25, 0.3) is 0 Å². The Kier molecular flexibility index (Phi) is 5.81. The molecule has 1 saturated carbocycles. The van der Waals surface area contributed by atoms with Crippen molar-refractivity contribution in [1.82, 2.24) is 0 Å². The molecule has 0 unspecified atom stereocenters. The van der Waals surface area contributed by atoms with Gasteiger partial charge in [0.15, 0.2) is 0 Å². The lowest BCUT2D eigenvalue weighted by molar-refractivity contribution is 0.0140. The summed E-state index contributed by atoms with van der Waals surface area (Å²) in [4.78, 5) is 4.75. The monoisotopic (exact) mass is 321 g/mol. The van der Waals surface area contributed by atoms with Crippen LogP contribution in [-0.4, -0.2) is 18.4 Å². The van der Waals surface area contributed by atoms with E-state index < -0.39 is 0 Å². The summed E-state index contributed by atoms with van der Waals surface area (Å²) in [5.74, 6) is 0. The van der Waals surface area contributed by atoms with Crippen LogP contribution in [0.15, 0.2) is 53.5 Å². The van der Waals surface area contributed by atoms with Gasteiger partial charge in [0.2, 0.25) is 0 Å². The topological polar surface area (TPSA) is 21.6 Å². The number of rotatable bonds is 5. The molecule has 0 bridgehead atoms. The molecule has 1 aliphatic carbocycles. The Hall–Kier alpha value is -1.93. The second-order valence-electron chi connectivity index (χ2n) is 6.85. The van der Waals surface area contributed by atoms with Crippen molar-refractivity contribution in [3.05, 3.63) is 70.8 Å². The molecule has 2 heteroatoms. The van der Waals surface area contributed by atoms with Crippen LogP contribution in [0.3, 0.4) is 0 Å². The van der Waals surface area contributed by atoms with E-state index in [2.05, 4.69) is 56.3 Å². The Morgan fingerprint density at radius 1 is 0.958 bits per heavy atom. The molecule has 0 aromatic heterocycles. The summed E-state index contributed by atoms with van der Waals surface area (Å²) in [7, 11) is 0. The lowest BCUT2D eigenvalue weighted by atomic mass is 9.93. The van der Waals surface area contributed by atoms with Crippen molar-refractivity contribution >= 4 is 6.21 Å². The summed E-state index contributed by atoms with van der Waals surface area (Å²) >= 11 is 0. The fraction of sp³-hybridized carbons (Fsp3) is 0.409. The number of aryl methyl sites for hydroxylation is 2. The van der Waals surface area contributed by atoms with Gasteiger partial charge in [-0.1, -0.05) is 48.5 Å². The summed E-state index contributed by atoms with van der Waals surface area (Å²) in [6.07, 6.45) is 6.88. The summed E-state index contributed by atoms with van der Waals surface area (Å²) in [5, 5.41) is 0. The second kappa shape index (κ2) is 8.25. The van der Waals surface area contributed by atoms with E-state index in [1.807, 2.05) is 12.3 Å². The first-order chi connectivity index (χ1) is 11.7. The molecule has 3 rings (SSSR count). The highest BCUT2D eigenvalue weighted by atomic mass is 16.5. The summed E-state index contributed by atoms with van der Waals surface area (Å²) in [6, 6.07) is 17.4. The first-order valence-corrected chi connectivity index (χ1v) is 8.96. The minimum absolute atomic E-state index is 0.384. The van der Waals surface area contributed by atoms with Crippen LogP contribution in [-0.2, 0) is 11.3 Å². The third-order valence-corrected chi connectivity index (χ3v) is 4.93. The molecule has 0 spiro atoms. The van der Waals surface area contributed by atoms with Crippen molar-refractivity contribution in [2.75, 3.05) is 0 Å². The largest absolute Gasteiger partial charge is 0.374 e. The Labute approximate surface area is 145 Å². The molecule has 0 amide bonds. The first-order valence-electron chi connectivity index (χ1n) is 8.96. The van der Waals surface area contributed by atoms with Crippen LogP contribution in [0.2, 0.25) is 0 Å². The quantitative estimate of drug-likeness (QED) is 0.689. The van der Waals surface area contributed by atoms with Crippen molar-refractivity contribution in [1.29, 1.82) is 0 Å². The molecule has 2 aromatic carbocycles. The SMILES string of the molecule is Cc1ccc(COC2CCC(N=Cc3ccccc3)CC2)cc1C. The molecule has 0 N–H and O–H groups in total. The van der Waals surface area contributed by atoms with Gasteiger partial charge in [-0.2, -0.15) is 0 Å². The molecule has 2 nitrogen and oxygen atoms in total. The van der Waals surface area contributed by atoms with Crippen molar-refractivity contribution in [3.63, 3.8) is 0 Å². The summed E-state index contributed by atoms with van der Waals surface area (Å²) in [6.45, 7) is 5.04. The van der Waals surface area contributed by atoms with E-state index in [4.69, 9.17) is 9.73 Å². The summed E-state index contributed by atoms with van der Waals surface area (Å²) < 4.78 is 6.12. The highest BCUT2D eigenvalue weighted by Crippen LogP contribution is 2.24. The maximum absolute atomic E-state index is 6.12. The van der Waals surface area contributed by atoms with Gasteiger partial charge >= 0.3 is 0 Å². The van der Waals surface area contributed by atoms with Gasteiger partial charge in [-0.15, -0.1) is 0 Å². The number of benzene rings is 2. The highest BCUT2D eigenvalue weighted by Gasteiger charge is 2.20. The smallest absolute Gasteiger partial charge is 0.0720 e. The minimum Gasteiger partial charge on any atom is -0.374 e. The van der Waals surface area contributed by atoms with E-state index in [0.29, 0.717) is 12.1 Å². The number of nitrogens with zero attached hydrogens (tertiary/aromatic N) is 1. The van der Waals surface area contributed by atoms with Crippen molar-refractivity contribution in [2.45, 2.75) is 58.3 Å². The summed E-state index contributed by atoms with van der Waals surface area (Å²) in [5.41, 5.74) is 5.15. The third-order valence-electron chi connectivity index (χ3n) is 4.93. The van der Waals surface area contributed by atoms with Crippen molar-refractivity contribution in [2.24, 2.45) is 4.99 Å². The van der Waals surface area contributed by atoms with Gasteiger partial charge in [0, 0.05) is 6.21 Å². The van der Waals surface area contributed by atoms with Gasteiger partial charge in [0.1, 0.15) is 0 Å². The van der Waals surface area contributed by atoms with Crippen LogP contribution in [0.25, 0.3) is 0 Å². The molecule has 1 aliphatic rings. The molecular formula is C22H27NO. The van der Waals surface area contributed by atoms with E-state index in [0.717, 1.165) is 32.3 Å². The molecule has 0 atom stereocenters. The zero-order chi connectivity index (χ0) is 16.8. The Bertz CT molecular complexity index is 670. The molecule has 2 aromatic rings. The molecule has 126 valence electrons. The Morgan fingerprint density at radius 2 is 1.71 bits per heavy atom. The molecule has 1 fully saturated rings. The van der Waals surface area contributed by atoms with Gasteiger partial charge < -0.3 is 4.74 Å². The fourth-order valence-electron chi connectivity index (χ4n) is 3.20. The van der Waals surface area contributed by atoms with Gasteiger partial charge in [-0.05, 0) is 61.8 Å². The van der Waals surface area contributed by atoms with Crippen LogP contribution in [0.5, 0.6) is 0 Å². The molecule has 0 saturated heterocycles. The van der Waals surface area contributed by atoms with Gasteiger partial charge in [0.05, 0.1) is 18.8 Å². The predicted molar refractivity (Wildman–Crippen MR) is 101 cm³/mol. The number of hydrogen-bond acceptors (Lipinski definition) is 2. The van der Waals surface area contributed by atoms with E-state index >= 15 is 0 Å². The van der Waals surface area contributed by atoms with Gasteiger partial charge in [-0.3, -0.25) is 4.99 Å². The number of hydrogen-bond donors (Lipinski definition) is 0. The van der Waals surface area contributed by atoms with Crippen LogP contribution in [0.1, 0.15) is 47.9 Å². The normalized spacial score (nSPS) is 21.2. The zero-order valence-electron chi connectivity index (χ0n) is 14.7. The van der Waals surface area contributed by atoms with E-state index in [9.17, 15) is 0 Å². The molecule has 0 heterocycles. The Balaban J connectivity index is 1.43. The number of aliphatic imine (C=N–C) groups is 1. The van der Waals surface area contributed by atoms with E-state index in [1.54, 1.807) is 0 Å². The maximum Gasteiger partial charge on any atom is 0.0720 e. The molecule has 0 aliphatic heterocycles. The lowest BCUT2D eigenvalue weighted by Gasteiger charge is -2.26. The van der Waals surface area contributed by atoms with E-state index in [1.165, 1.54) is 22.3 Å². The zero-order valence-corrected chi connectivity index (χ0v) is 14.7. The molecule has 0 radical (unpaired) electrons. The first kappa shape index (κ1) is 16.9. The van der Waals surface area contributed by atoms with Gasteiger partial charge in [-0.25, -0.2) is 0 Å². The minimum atomic E-state index is 0.384. The van der Waals surface area contributed by atoms with Crippen molar-refractivity contribution in [3.8, 4) is 0 Å².